The first-order valence-electron chi connectivity index (χ1n) is 6.70. The van der Waals surface area contributed by atoms with Crippen LogP contribution in [-0.4, -0.2) is 69.2 Å². The van der Waals surface area contributed by atoms with Gasteiger partial charge in [0.1, 0.15) is 5.52 Å². The first-order chi connectivity index (χ1) is 9.36. The number of hydrogen-bond acceptors (Lipinski definition) is 5. The van der Waals surface area contributed by atoms with Gasteiger partial charge >= 0.3 is 0 Å². The molecule has 3 rings (SSSR count). The molecule has 19 heavy (non-hydrogen) atoms. The number of rotatable bonds is 4. The summed E-state index contributed by atoms with van der Waals surface area (Å²) in [5, 5.41) is 17.3. The summed E-state index contributed by atoms with van der Waals surface area (Å²) >= 11 is 0. The number of fused-ring (bicyclic) bond motifs is 1. The lowest BCUT2D eigenvalue weighted by atomic mass is 10.3. The summed E-state index contributed by atoms with van der Waals surface area (Å²) in [4.78, 5) is 4.66. The highest BCUT2D eigenvalue weighted by Crippen LogP contribution is 2.11. The maximum absolute atomic E-state index is 8.93. The molecule has 2 aromatic rings. The summed E-state index contributed by atoms with van der Waals surface area (Å²) < 4.78 is 1.96. The molecule has 0 spiro atoms. The first kappa shape index (κ1) is 12.5. The fraction of sp³-hybridized carbons (Fsp3) is 0.538. The predicted octanol–water partition coefficient (Wildman–Crippen LogP) is -0.00130. The first-order valence-corrected chi connectivity index (χ1v) is 6.70. The molecule has 1 aromatic carbocycles. The molecule has 102 valence electrons. The number of aliphatic hydroxyl groups is 1. The van der Waals surface area contributed by atoms with Gasteiger partial charge in [0.2, 0.25) is 0 Å². The largest absolute Gasteiger partial charge is 0.395 e. The average molecular weight is 261 g/mol. The van der Waals surface area contributed by atoms with Crippen LogP contribution in [0.25, 0.3) is 11.0 Å². The third-order valence-corrected chi connectivity index (χ3v) is 3.64. The van der Waals surface area contributed by atoms with Crippen molar-refractivity contribution in [1.82, 2.24) is 24.8 Å². The summed E-state index contributed by atoms with van der Waals surface area (Å²) in [6.07, 6.45) is 0. The van der Waals surface area contributed by atoms with Crippen LogP contribution in [0.4, 0.5) is 0 Å². The van der Waals surface area contributed by atoms with E-state index in [0.29, 0.717) is 0 Å². The maximum atomic E-state index is 8.93. The van der Waals surface area contributed by atoms with Gasteiger partial charge in [-0.05, 0) is 12.1 Å². The van der Waals surface area contributed by atoms with Gasteiger partial charge in [-0.3, -0.25) is 9.80 Å². The van der Waals surface area contributed by atoms with E-state index in [4.69, 9.17) is 5.11 Å². The third kappa shape index (κ3) is 2.75. The smallest absolute Gasteiger partial charge is 0.113 e. The number of para-hydroxylation sites is 1. The SMILES string of the molecule is OCCN1CCN(Cn2nnc3ccccc32)CC1. The number of β-amino-alcohol motifs (C(OH)–C–C–N with tert-alkyl or cyclic N) is 1. The van der Waals surface area contributed by atoms with Crippen molar-refractivity contribution in [3.8, 4) is 0 Å². The van der Waals surface area contributed by atoms with Gasteiger partial charge in [0, 0.05) is 32.7 Å². The minimum absolute atomic E-state index is 0.244. The zero-order chi connectivity index (χ0) is 13.1. The fourth-order valence-electron chi connectivity index (χ4n) is 2.51. The van der Waals surface area contributed by atoms with Crippen LogP contribution < -0.4 is 0 Å². The van der Waals surface area contributed by atoms with Crippen molar-refractivity contribution in [3.63, 3.8) is 0 Å². The molecule has 0 atom stereocenters. The number of aliphatic hydroxyl groups excluding tert-OH is 1. The highest BCUT2D eigenvalue weighted by atomic mass is 16.3. The van der Waals surface area contributed by atoms with Crippen LogP contribution in [0.1, 0.15) is 0 Å². The second-order valence-corrected chi connectivity index (χ2v) is 4.90. The number of piperazine rings is 1. The fourth-order valence-corrected chi connectivity index (χ4v) is 2.51. The Hall–Kier alpha value is -1.50. The van der Waals surface area contributed by atoms with E-state index in [1.807, 2.05) is 22.9 Å². The van der Waals surface area contributed by atoms with Gasteiger partial charge < -0.3 is 5.11 Å². The van der Waals surface area contributed by atoms with Crippen LogP contribution in [0.15, 0.2) is 24.3 Å². The highest BCUT2D eigenvalue weighted by molar-refractivity contribution is 5.73. The van der Waals surface area contributed by atoms with Crippen LogP contribution in [0.5, 0.6) is 0 Å². The van der Waals surface area contributed by atoms with Crippen molar-refractivity contribution in [2.45, 2.75) is 6.67 Å². The Balaban J connectivity index is 1.63. The van der Waals surface area contributed by atoms with Crippen molar-refractivity contribution in [2.75, 3.05) is 39.3 Å². The molecule has 6 nitrogen and oxygen atoms in total. The van der Waals surface area contributed by atoms with E-state index < -0.39 is 0 Å². The molecule has 6 heteroatoms. The minimum Gasteiger partial charge on any atom is -0.395 e. The van der Waals surface area contributed by atoms with Gasteiger partial charge in [-0.15, -0.1) is 5.10 Å². The maximum Gasteiger partial charge on any atom is 0.113 e. The lowest BCUT2D eigenvalue weighted by molar-refractivity contribution is 0.0904. The molecular formula is C13H19N5O. The molecule has 0 unspecified atom stereocenters. The molecule has 0 amide bonds. The molecule has 1 aromatic heterocycles. The predicted molar refractivity (Wildman–Crippen MR) is 72.6 cm³/mol. The van der Waals surface area contributed by atoms with Crippen LogP contribution >= 0.6 is 0 Å². The molecule has 1 aliphatic heterocycles. The Morgan fingerprint density at radius 2 is 1.79 bits per heavy atom. The van der Waals surface area contributed by atoms with Gasteiger partial charge in [-0.2, -0.15) is 0 Å². The van der Waals surface area contributed by atoms with Gasteiger partial charge in [-0.1, -0.05) is 17.3 Å². The molecule has 0 bridgehead atoms. The summed E-state index contributed by atoms with van der Waals surface area (Å²) in [5.74, 6) is 0. The van der Waals surface area contributed by atoms with Gasteiger partial charge in [0.25, 0.3) is 0 Å². The Kier molecular flexibility index (Phi) is 3.72. The Morgan fingerprint density at radius 3 is 2.58 bits per heavy atom. The van der Waals surface area contributed by atoms with E-state index in [1.54, 1.807) is 0 Å². The highest BCUT2D eigenvalue weighted by Gasteiger charge is 2.17. The number of nitrogens with zero attached hydrogens (tertiary/aromatic N) is 5. The van der Waals surface area contributed by atoms with E-state index in [1.165, 1.54) is 0 Å². The molecule has 0 saturated carbocycles. The third-order valence-electron chi connectivity index (χ3n) is 3.64. The van der Waals surface area contributed by atoms with Crippen LogP contribution in [-0.2, 0) is 6.67 Å². The Labute approximate surface area is 112 Å². The molecule has 1 fully saturated rings. The number of hydrogen-bond donors (Lipinski definition) is 1. The lowest BCUT2D eigenvalue weighted by Gasteiger charge is -2.34. The standard InChI is InChI=1S/C13H19N5O/c19-10-9-16-5-7-17(8-6-16)11-18-13-4-2-1-3-12(13)14-15-18/h1-4,19H,5-11H2. The van der Waals surface area contributed by atoms with Gasteiger partial charge in [0.15, 0.2) is 0 Å². The molecule has 1 saturated heterocycles. The van der Waals surface area contributed by atoms with Gasteiger partial charge in [0.05, 0.1) is 18.8 Å². The van der Waals surface area contributed by atoms with E-state index in [2.05, 4.69) is 26.2 Å². The lowest BCUT2D eigenvalue weighted by Crippen LogP contribution is -2.47. The van der Waals surface area contributed by atoms with Gasteiger partial charge in [-0.25, -0.2) is 4.68 Å². The molecular weight excluding hydrogens is 242 g/mol. The zero-order valence-electron chi connectivity index (χ0n) is 10.9. The van der Waals surface area contributed by atoms with Crippen molar-refractivity contribution in [2.24, 2.45) is 0 Å². The number of aromatic nitrogens is 3. The van der Waals surface area contributed by atoms with Crippen LogP contribution in [0, 0.1) is 0 Å². The summed E-state index contributed by atoms with van der Waals surface area (Å²) in [7, 11) is 0. The second-order valence-electron chi connectivity index (χ2n) is 4.90. The minimum atomic E-state index is 0.244. The monoisotopic (exact) mass is 261 g/mol. The van der Waals surface area contributed by atoms with E-state index in [9.17, 15) is 0 Å². The van der Waals surface area contributed by atoms with Crippen LogP contribution in [0.3, 0.4) is 0 Å². The molecule has 0 radical (unpaired) electrons. The topological polar surface area (TPSA) is 57.4 Å². The van der Waals surface area contributed by atoms with Crippen molar-refractivity contribution >= 4 is 11.0 Å². The van der Waals surface area contributed by atoms with Crippen molar-refractivity contribution < 1.29 is 5.11 Å². The molecule has 2 heterocycles. The molecule has 1 N–H and O–H groups in total. The van der Waals surface area contributed by atoms with Crippen molar-refractivity contribution in [3.05, 3.63) is 24.3 Å². The van der Waals surface area contributed by atoms with E-state index in [-0.39, 0.29) is 6.61 Å². The Morgan fingerprint density at radius 1 is 1.05 bits per heavy atom. The molecule has 1 aliphatic rings. The van der Waals surface area contributed by atoms with E-state index >= 15 is 0 Å². The quantitative estimate of drug-likeness (QED) is 0.839. The van der Waals surface area contributed by atoms with Crippen LogP contribution in [0.2, 0.25) is 0 Å². The summed E-state index contributed by atoms with van der Waals surface area (Å²) in [6.45, 7) is 5.84. The molecule has 0 aliphatic carbocycles. The van der Waals surface area contributed by atoms with Crippen molar-refractivity contribution in [1.29, 1.82) is 0 Å². The normalized spacial score (nSPS) is 18.2. The zero-order valence-corrected chi connectivity index (χ0v) is 10.9. The second kappa shape index (κ2) is 5.64. The summed E-state index contributed by atoms with van der Waals surface area (Å²) in [6, 6.07) is 8.03. The average Bonchev–Trinajstić information content (AvgIpc) is 2.85. The van der Waals surface area contributed by atoms with E-state index in [0.717, 1.165) is 50.4 Å². The summed E-state index contributed by atoms with van der Waals surface area (Å²) in [5.41, 5.74) is 2.03. The Bertz CT molecular complexity index is 533. The number of benzene rings is 1.